The van der Waals surface area contributed by atoms with Gasteiger partial charge in [0.15, 0.2) is 0 Å². The van der Waals surface area contributed by atoms with Crippen LogP contribution in [0.5, 0.6) is 0 Å². The van der Waals surface area contributed by atoms with Crippen molar-refractivity contribution < 1.29 is 9.32 Å². The number of carbonyl (C=O) groups excluding carboxylic acids is 1. The van der Waals surface area contributed by atoms with E-state index in [1.807, 2.05) is 32.0 Å². The number of benzene rings is 1. The largest absolute Gasteiger partial charge is 0.378 e. The third-order valence-electron chi connectivity index (χ3n) is 4.22. The molecule has 138 valence electrons. The quantitative estimate of drug-likeness (QED) is 0.322. The maximum atomic E-state index is 12.1. The number of amides is 1. The maximum Gasteiger partial charge on any atom is 0.288 e. The molecular formula is C17H23N7O2. The van der Waals surface area contributed by atoms with Crippen LogP contribution in [0.15, 0.2) is 27.8 Å². The van der Waals surface area contributed by atoms with Gasteiger partial charge in [0.2, 0.25) is 17.6 Å². The lowest BCUT2D eigenvalue weighted by Gasteiger charge is -2.14. The molecule has 9 nitrogen and oxygen atoms in total. The van der Waals surface area contributed by atoms with Crippen molar-refractivity contribution >= 4 is 11.7 Å². The highest BCUT2D eigenvalue weighted by Gasteiger charge is 2.26. The van der Waals surface area contributed by atoms with Crippen LogP contribution < -0.4 is 16.9 Å². The number of aryl methyl sites for hydroxylation is 1. The molecule has 0 spiro atoms. The third kappa shape index (κ3) is 3.67. The molecule has 1 aliphatic rings. The lowest BCUT2D eigenvalue weighted by molar-refractivity contribution is -0.115. The number of fused-ring (bicyclic) bond motifs is 1. The first-order valence-corrected chi connectivity index (χ1v) is 8.45. The van der Waals surface area contributed by atoms with Gasteiger partial charge in [0.05, 0.1) is 6.04 Å². The highest BCUT2D eigenvalue weighted by molar-refractivity contribution is 6.37. The van der Waals surface area contributed by atoms with Gasteiger partial charge in [-0.2, -0.15) is 4.98 Å². The Balaban J connectivity index is 1.76. The molecule has 1 unspecified atom stereocenters. The summed E-state index contributed by atoms with van der Waals surface area (Å²) in [5.74, 6) is 6.14. The van der Waals surface area contributed by atoms with Crippen molar-refractivity contribution in [1.82, 2.24) is 20.6 Å². The van der Waals surface area contributed by atoms with Gasteiger partial charge in [-0.15, -0.1) is 5.10 Å². The van der Waals surface area contributed by atoms with Crippen LogP contribution in [0.2, 0.25) is 0 Å². The summed E-state index contributed by atoms with van der Waals surface area (Å²) in [5, 5.41) is 11.7. The fraction of sp³-hybridized carbons (Fsp3) is 0.412. The number of rotatable bonds is 4. The van der Waals surface area contributed by atoms with Crippen molar-refractivity contribution in [2.45, 2.75) is 38.6 Å². The number of amidine groups is 1. The maximum absolute atomic E-state index is 12.1. The van der Waals surface area contributed by atoms with E-state index in [1.54, 1.807) is 0 Å². The summed E-state index contributed by atoms with van der Waals surface area (Å²) in [4.78, 5) is 16.5. The van der Waals surface area contributed by atoms with E-state index in [-0.39, 0.29) is 17.8 Å². The van der Waals surface area contributed by atoms with E-state index in [0.29, 0.717) is 11.7 Å². The zero-order chi connectivity index (χ0) is 18.8. The number of hydrazine groups is 1. The Bertz CT molecular complexity index is 841. The van der Waals surface area contributed by atoms with Gasteiger partial charge < -0.3 is 15.6 Å². The van der Waals surface area contributed by atoms with Gasteiger partial charge in [0, 0.05) is 18.5 Å². The minimum absolute atomic E-state index is 0.111. The molecule has 0 bridgehead atoms. The van der Waals surface area contributed by atoms with E-state index in [9.17, 15) is 4.79 Å². The fourth-order valence-electron chi connectivity index (χ4n) is 2.94. The second-order valence-electron chi connectivity index (χ2n) is 6.65. The molecule has 1 aromatic heterocycles. The monoisotopic (exact) mass is 357 g/mol. The average molecular weight is 357 g/mol. The first-order valence-electron chi connectivity index (χ1n) is 8.45. The van der Waals surface area contributed by atoms with Gasteiger partial charge in [-0.05, 0) is 30.0 Å². The fourth-order valence-corrected chi connectivity index (χ4v) is 2.94. The Hall–Kier alpha value is -2.94. The molecule has 26 heavy (non-hydrogen) atoms. The van der Waals surface area contributed by atoms with Crippen LogP contribution in [-0.2, 0) is 11.2 Å². The first-order chi connectivity index (χ1) is 12.3. The van der Waals surface area contributed by atoms with Gasteiger partial charge in [0.1, 0.15) is 0 Å². The lowest BCUT2D eigenvalue weighted by atomic mass is 10.0. The SMILES string of the molecule is CC(C)c1nc(-c2ccc3c(c2)CCC3NC(=O)/C(N)=N/N(C)N)no1. The molecule has 1 aliphatic carbocycles. The van der Waals surface area contributed by atoms with Gasteiger partial charge in [0.25, 0.3) is 5.91 Å². The van der Waals surface area contributed by atoms with Crippen molar-refractivity contribution in [1.29, 1.82) is 0 Å². The minimum Gasteiger partial charge on any atom is -0.378 e. The predicted molar refractivity (Wildman–Crippen MR) is 96.6 cm³/mol. The van der Waals surface area contributed by atoms with Crippen LogP contribution in [0.3, 0.4) is 0 Å². The molecule has 0 aliphatic heterocycles. The molecule has 1 heterocycles. The molecular weight excluding hydrogens is 334 g/mol. The van der Waals surface area contributed by atoms with Crippen LogP contribution in [-0.4, -0.2) is 34.0 Å². The number of hydrazone groups is 1. The summed E-state index contributed by atoms with van der Waals surface area (Å²) in [6, 6.07) is 5.85. The number of nitrogens with zero attached hydrogens (tertiary/aromatic N) is 4. The first kappa shape index (κ1) is 17.9. The van der Waals surface area contributed by atoms with E-state index in [4.69, 9.17) is 16.1 Å². The van der Waals surface area contributed by atoms with Crippen molar-refractivity contribution in [3.05, 3.63) is 35.2 Å². The number of nitrogens with one attached hydrogen (secondary N) is 1. The zero-order valence-corrected chi connectivity index (χ0v) is 15.1. The molecule has 2 aromatic rings. The summed E-state index contributed by atoms with van der Waals surface area (Å²) in [7, 11) is 1.50. The van der Waals surface area contributed by atoms with E-state index >= 15 is 0 Å². The standard InChI is InChI=1S/C17H23N7O2/c1-9(2)17-21-15(23-26-17)11-4-6-12-10(8-11)5-7-13(12)20-16(25)14(18)22-24(3)19/h4,6,8-9,13H,5,7,19H2,1-3H3,(H2,18,22)(H,20,25). The Morgan fingerprint density at radius 3 is 2.88 bits per heavy atom. The summed E-state index contributed by atoms with van der Waals surface area (Å²) < 4.78 is 5.27. The topological polar surface area (TPSA) is 136 Å². The van der Waals surface area contributed by atoms with Crippen molar-refractivity contribution in [2.75, 3.05) is 7.05 Å². The van der Waals surface area contributed by atoms with Crippen LogP contribution in [0.25, 0.3) is 11.4 Å². The van der Waals surface area contributed by atoms with E-state index in [1.165, 1.54) is 7.05 Å². The molecule has 9 heteroatoms. The second-order valence-corrected chi connectivity index (χ2v) is 6.65. The summed E-state index contributed by atoms with van der Waals surface area (Å²) in [6.45, 7) is 4.01. The number of carbonyl (C=O) groups is 1. The predicted octanol–water partition coefficient (Wildman–Crippen LogP) is 1.04. The number of aromatic nitrogens is 2. The van der Waals surface area contributed by atoms with Crippen LogP contribution >= 0.6 is 0 Å². The van der Waals surface area contributed by atoms with Crippen LogP contribution in [0, 0.1) is 0 Å². The summed E-state index contributed by atoms with van der Waals surface area (Å²) >= 11 is 0. The van der Waals surface area contributed by atoms with E-state index < -0.39 is 5.91 Å². The molecule has 1 amide bonds. The average Bonchev–Trinajstić information content (AvgIpc) is 3.21. The Morgan fingerprint density at radius 1 is 1.46 bits per heavy atom. The Kier molecular flexibility index (Phi) is 4.90. The van der Waals surface area contributed by atoms with Crippen LogP contribution in [0.1, 0.15) is 49.2 Å². The zero-order valence-electron chi connectivity index (χ0n) is 15.1. The van der Waals surface area contributed by atoms with Gasteiger partial charge in [-0.1, -0.05) is 31.1 Å². The van der Waals surface area contributed by atoms with Crippen molar-refractivity contribution in [3.8, 4) is 11.4 Å². The molecule has 1 aromatic carbocycles. The molecule has 0 radical (unpaired) electrons. The third-order valence-corrected chi connectivity index (χ3v) is 4.22. The number of hydrogen-bond acceptors (Lipinski definition) is 7. The van der Waals surface area contributed by atoms with Gasteiger partial charge >= 0.3 is 0 Å². The van der Waals surface area contributed by atoms with Gasteiger partial charge in [-0.25, -0.2) is 11.0 Å². The summed E-state index contributed by atoms with van der Waals surface area (Å²) in [5.41, 5.74) is 8.74. The van der Waals surface area contributed by atoms with Gasteiger partial charge in [-0.3, -0.25) is 4.79 Å². The molecule has 0 saturated carbocycles. The minimum atomic E-state index is -0.441. The lowest BCUT2D eigenvalue weighted by Crippen LogP contribution is -2.40. The molecule has 0 fully saturated rings. The molecule has 0 saturated heterocycles. The highest BCUT2D eigenvalue weighted by Crippen LogP contribution is 2.33. The molecule has 5 N–H and O–H groups in total. The van der Waals surface area contributed by atoms with Crippen LogP contribution in [0.4, 0.5) is 0 Å². The van der Waals surface area contributed by atoms with E-state index in [2.05, 4.69) is 20.6 Å². The van der Waals surface area contributed by atoms with Crippen molar-refractivity contribution in [3.63, 3.8) is 0 Å². The summed E-state index contributed by atoms with van der Waals surface area (Å²) in [6.07, 6.45) is 1.64. The second kappa shape index (κ2) is 7.12. The molecule has 1 atom stereocenters. The normalized spacial score (nSPS) is 16.7. The van der Waals surface area contributed by atoms with E-state index in [0.717, 1.165) is 34.6 Å². The smallest absolute Gasteiger partial charge is 0.288 e. The number of nitrogens with two attached hydrogens (primary N) is 2. The van der Waals surface area contributed by atoms with Crippen molar-refractivity contribution in [2.24, 2.45) is 16.7 Å². The molecule has 3 rings (SSSR count). The number of hydrogen-bond donors (Lipinski definition) is 3. The highest BCUT2D eigenvalue weighted by atomic mass is 16.5. The Labute approximate surface area is 151 Å². The Morgan fingerprint density at radius 2 is 2.23 bits per heavy atom.